The highest BCUT2D eigenvalue weighted by atomic mass is 31.1. The Bertz CT molecular complexity index is 866. The molecule has 2 aliphatic carbocycles. The van der Waals surface area contributed by atoms with E-state index < -0.39 is 7.92 Å². The van der Waals surface area contributed by atoms with Gasteiger partial charge >= 0.3 is 0 Å². The third kappa shape index (κ3) is 6.19. The van der Waals surface area contributed by atoms with Crippen molar-refractivity contribution in [1.29, 1.82) is 0 Å². The van der Waals surface area contributed by atoms with E-state index in [1.165, 1.54) is 81.2 Å². The number of rotatable bonds is 7. The molecule has 0 radical (unpaired) electrons. The summed E-state index contributed by atoms with van der Waals surface area (Å²) in [5, 5.41) is 2.89. The number of likely N-dealkylation sites (tertiary alicyclic amines) is 1. The van der Waals surface area contributed by atoms with Crippen molar-refractivity contribution >= 4 is 32.4 Å². The SMILES string of the molecule is CC(=O)N1C[C@@H](P(C2CCCCC2)C2CCCCC2)C[C@H]1CP(c1ccccc1)c1ccccc1. The van der Waals surface area contributed by atoms with Crippen LogP contribution in [0.3, 0.4) is 0 Å². The molecular weight excluding hydrogens is 464 g/mol. The van der Waals surface area contributed by atoms with Crippen molar-refractivity contribution in [1.82, 2.24) is 4.90 Å². The number of amides is 1. The standard InChI is InChI=1S/C31H43NOP2/c1-25(33)32-23-31(35(29-18-10-4-11-19-29)30-20-12-5-13-21-30)22-26(32)24-34(27-14-6-2-7-15-27)28-16-8-3-9-17-28/h2-3,6-9,14-17,26,29-31H,4-5,10-13,18-24H2,1H3/t26-,31-/m0/s1. The minimum absolute atomic E-state index is 0.00368. The smallest absolute Gasteiger partial charge is 0.219 e. The lowest BCUT2D eigenvalue weighted by Crippen LogP contribution is -2.37. The summed E-state index contributed by atoms with van der Waals surface area (Å²) in [6, 6.07) is 22.6. The lowest BCUT2D eigenvalue weighted by molar-refractivity contribution is -0.129. The summed E-state index contributed by atoms with van der Waals surface area (Å²) in [5.74, 6) is 0.302. The van der Waals surface area contributed by atoms with Gasteiger partial charge in [0.1, 0.15) is 0 Å². The quantitative estimate of drug-likeness (QED) is 0.361. The van der Waals surface area contributed by atoms with Crippen LogP contribution in [0.4, 0.5) is 0 Å². The second-order valence-electron chi connectivity index (χ2n) is 11.0. The van der Waals surface area contributed by atoms with Crippen molar-refractivity contribution in [2.75, 3.05) is 12.7 Å². The molecule has 4 heteroatoms. The molecule has 0 spiro atoms. The van der Waals surface area contributed by atoms with E-state index in [2.05, 4.69) is 65.6 Å². The molecule has 2 nitrogen and oxygen atoms in total. The minimum atomic E-state index is -0.467. The summed E-state index contributed by atoms with van der Waals surface area (Å²) in [6.45, 7) is 2.86. The van der Waals surface area contributed by atoms with Gasteiger partial charge in [-0.25, -0.2) is 0 Å². The first kappa shape index (κ1) is 25.4. The lowest BCUT2D eigenvalue weighted by Gasteiger charge is -2.42. The van der Waals surface area contributed by atoms with Crippen LogP contribution in [0.1, 0.15) is 77.6 Å². The van der Waals surface area contributed by atoms with Gasteiger partial charge in [0.15, 0.2) is 0 Å². The third-order valence-corrected chi connectivity index (χ3v) is 15.3. The van der Waals surface area contributed by atoms with Gasteiger partial charge in [-0.3, -0.25) is 4.79 Å². The maximum Gasteiger partial charge on any atom is 0.219 e. The van der Waals surface area contributed by atoms with Gasteiger partial charge in [-0.05, 0) is 73.8 Å². The largest absolute Gasteiger partial charge is 0.339 e. The van der Waals surface area contributed by atoms with E-state index in [0.717, 1.165) is 29.7 Å². The molecule has 2 aromatic carbocycles. The van der Waals surface area contributed by atoms with Gasteiger partial charge in [-0.15, -0.1) is 0 Å². The molecule has 1 aliphatic heterocycles. The molecular formula is C31H43NOP2. The zero-order chi connectivity index (χ0) is 24.0. The number of carbonyl (C=O) groups excluding carboxylic acids is 1. The summed E-state index contributed by atoms with van der Waals surface area (Å²) in [5.41, 5.74) is 2.68. The number of nitrogens with zero attached hydrogens (tertiary/aromatic N) is 1. The van der Waals surface area contributed by atoms with Crippen molar-refractivity contribution in [2.24, 2.45) is 0 Å². The topological polar surface area (TPSA) is 20.3 Å². The Labute approximate surface area is 215 Å². The lowest BCUT2D eigenvalue weighted by atomic mass is 9.99. The Morgan fingerprint density at radius 3 is 1.69 bits per heavy atom. The minimum Gasteiger partial charge on any atom is -0.339 e. The molecule has 1 amide bonds. The van der Waals surface area contributed by atoms with E-state index in [-0.39, 0.29) is 7.92 Å². The van der Waals surface area contributed by atoms with Crippen molar-refractivity contribution in [3.63, 3.8) is 0 Å². The molecule has 2 aromatic rings. The van der Waals surface area contributed by atoms with Crippen LogP contribution in [0.2, 0.25) is 0 Å². The summed E-state index contributed by atoms with van der Waals surface area (Å²) in [7, 11) is -0.464. The Balaban J connectivity index is 1.40. The first-order valence-corrected chi connectivity index (χ1v) is 17.2. The average molecular weight is 508 g/mol. The van der Waals surface area contributed by atoms with E-state index in [1.54, 1.807) is 0 Å². The number of benzene rings is 2. The van der Waals surface area contributed by atoms with E-state index in [1.807, 2.05) is 6.92 Å². The van der Waals surface area contributed by atoms with Crippen LogP contribution in [-0.2, 0) is 4.79 Å². The van der Waals surface area contributed by atoms with Crippen LogP contribution in [0.5, 0.6) is 0 Å². The van der Waals surface area contributed by atoms with Gasteiger partial charge in [0.05, 0.1) is 0 Å². The fourth-order valence-corrected chi connectivity index (χ4v) is 14.2. The van der Waals surface area contributed by atoms with Crippen LogP contribution in [0, 0.1) is 0 Å². The molecule has 3 fully saturated rings. The second-order valence-corrected chi connectivity index (χ2v) is 16.4. The Morgan fingerprint density at radius 1 is 0.743 bits per heavy atom. The van der Waals surface area contributed by atoms with Crippen LogP contribution in [-0.4, -0.2) is 46.5 Å². The van der Waals surface area contributed by atoms with E-state index in [0.29, 0.717) is 11.9 Å². The molecule has 35 heavy (non-hydrogen) atoms. The van der Waals surface area contributed by atoms with E-state index in [9.17, 15) is 4.79 Å². The highest BCUT2D eigenvalue weighted by Gasteiger charge is 2.44. The van der Waals surface area contributed by atoms with Crippen molar-refractivity contribution in [2.45, 2.75) is 101 Å². The Kier molecular flexibility index (Phi) is 8.96. The van der Waals surface area contributed by atoms with E-state index >= 15 is 0 Å². The van der Waals surface area contributed by atoms with Gasteiger partial charge in [-0.1, -0.05) is 107 Å². The maximum atomic E-state index is 13.0. The van der Waals surface area contributed by atoms with Gasteiger partial charge in [0, 0.05) is 19.5 Å². The van der Waals surface area contributed by atoms with Crippen LogP contribution in [0.25, 0.3) is 0 Å². The monoisotopic (exact) mass is 507 g/mol. The average Bonchev–Trinajstić information content (AvgIpc) is 3.33. The fourth-order valence-electron chi connectivity index (χ4n) is 7.11. The molecule has 3 aliphatic rings. The summed E-state index contributed by atoms with van der Waals surface area (Å²) in [4.78, 5) is 15.3. The highest BCUT2D eigenvalue weighted by molar-refractivity contribution is 7.73. The predicted molar refractivity (Wildman–Crippen MR) is 154 cm³/mol. The summed E-state index contributed by atoms with van der Waals surface area (Å²) in [6.07, 6.45) is 16.8. The molecule has 5 rings (SSSR count). The molecule has 1 heterocycles. The maximum absolute atomic E-state index is 13.0. The molecule has 1 saturated heterocycles. The van der Waals surface area contributed by atoms with E-state index in [4.69, 9.17) is 0 Å². The Hall–Kier alpha value is -1.23. The summed E-state index contributed by atoms with van der Waals surface area (Å²) >= 11 is 0. The third-order valence-electron chi connectivity index (χ3n) is 8.74. The molecule has 188 valence electrons. The van der Waals surface area contributed by atoms with Crippen molar-refractivity contribution in [3.8, 4) is 0 Å². The highest BCUT2D eigenvalue weighted by Crippen LogP contribution is 2.61. The molecule has 0 unspecified atom stereocenters. The number of hydrogen-bond donors (Lipinski definition) is 0. The molecule has 0 aromatic heterocycles. The zero-order valence-electron chi connectivity index (χ0n) is 21.5. The fraction of sp³-hybridized carbons (Fsp3) is 0.581. The molecule has 2 atom stereocenters. The van der Waals surface area contributed by atoms with Crippen molar-refractivity contribution in [3.05, 3.63) is 60.7 Å². The zero-order valence-corrected chi connectivity index (χ0v) is 23.3. The molecule has 0 N–H and O–H groups in total. The first-order chi connectivity index (χ1) is 17.2. The van der Waals surface area contributed by atoms with Crippen LogP contribution < -0.4 is 10.6 Å². The molecule has 2 saturated carbocycles. The second kappa shape index (κ2) is 12.3. The predicted octanol–water partition coefficient (Wildman–Crippen LogP) is 7.26. The number of hydrogen-bond acceptors (Lipinski definition) is 1. The van der Waals surface area contributed by atoms with Gasteiger partial charge in [-0.2, -0.15) is 0 Å². The molecule has 0 bridgehead atoms. The summed E-state index contributed by atoms with van der Waals surface area (Å²) < 4.78 is 0. The normalized spacial score (nSPS) is 24.4. The van der Waals surface area contributed by atoms with Crippen LogP contribution >= 0.6 is 15.8 Å². The number of carbonyl (C=O) groups is 1. The van der Waals surface area contributed by atoms with Gasteiger partial charge < -0.3 is 4.90 Å². The van der Waals surface area contributed by atoms with Crippen LogP contribution in [0.15, 0.2) is 60.7 Å². The first-order valence-electron chi connectivity index (χ1n) is 14.1. The van der Waals surface area contributed by atoms with Crippen molar-refractivity contribution < 1.29 is 4.79 Å². The Morgan fingerprint density at radius 2 is 1.23 bits per heavy atom. The van der Waals surface area contributed by atoms with Gasteiger partial charge in [0.2, 0.25) is 5.91 Å². The van der Waals surface area contributed by atoms with Gasteiger partial charge in [0.25, 0.3) is 0 Å².